The summed E-state index contributed by atoms with van der Waals surface area (Å²) >= 11 is 0. The number of primary amides is 1. The van der Waals surface area contributed by atoms with Crippen molar-refractivity contribution in [1.29, 1.82) is 0 Å². The summed E-state index contributed by atoms with van der Waals surface area (Å²) in [7, 11) is 0. The van der Waals surface area contributed by atoms with Crippen LogP contribution in [-0.4, -0.2) is 43.5 Å². The van der Waals surface area contributed by atoms with Gasteiger partial charge in [0.1, 0.15) is 11.3 Å². The summed E-state index contributed by atoms with van der Waals surface area (Å²) in [5.41, 5.74) is 6.73. The van der Waals surface area contributed by atoms with Crippen LogP contribution in [0.5, 0.6) is 5.88 Å². The zero-order valence-corrected chi connectivity index (χ0v) is 22.9. The highest BCUT2D eigenvalue weighted by Gasteiger charge is 2.28. The van der Waals surface area contributed by atoms with Crippen LogP contribution in [0.1, 0.15) is 65.5 Å². The van der Waals surface area contributed by atoms with Gasteiger partial charge in [-0.15, -0.1) is 0 Å². The maximum Gasteiger partial charge on any atom is 0.411 e. The number of alkyl carbamates (subject to hydrolysis) is 1. The predicted octanol–water partition coefficient (Wildman–Crippen LogP) is 5.64. The number of allylic oxidation sites excluding steroid dienone is 1. The summed E-state index contributed by atoms with van der Waals surface area (Å²) in [6, 6.07) is 3.15. The molecule has 3 N–H and O–H groups in total. The van der Waals surface area contributed by atoms with E-state index in [1.165, 1.54) is 6.07 Å². The average molecular weight is 555 g/mol. The quantitative estimate of drug-likeness (QED) is 0.292. The summed E-state index contributed by atoms with van der Waals surface area (Å²) in [4.78, 5) is 38.6. The minimum atomic E-state index is -1.09. The highest BCUT2D eigenvalue weighted by Crippen LogP contribution is 2.41. The molecule has 3 aromatic rings. The Kier molecular flexibility index (Phi) is 7.76. The number of nitro groups is 1. The number of carbonyl (C=O) groups is 2. The van der Waals surface area contributed by atoms with E-state index in [0.717, 1.165) is 23.3 Å². The first-order chi connectivity index (χ1) is 18.7. The minimum absolute atomic E-state index is 0.117. The molecule has 2 heterocycles. The van der Waals surface area contributed by atoms with Gasteiger partial charge in [-0.25, -0.2) is 14.6 Å². The number of hydrogen-bond acceptors (Lipinski definition) is 8. The van der Waals surface area contributed by atoms with Crippen molar-refractivity contribution in [3.05, 3.63) is 52.0 Å². The van der Waals surface area contributed by atoms with Gasteiger partial charge in [0, 0.05) is 35.5 Å². The molecule has 212 valence electrons. The summed E-state index contributed by atoms with van der Waals surface area (Å²) in [5, 5.41) is 19.0. The zero-order chi connectivity index (χ0) is 29.4. The van der Waals surface area contributed by atoms with Crippen molar-refractivity contribution in [3.8, 4) is 17.1 Å². The van der Waals surface area contributed by atoms with Gasteiger partial charge >= 0.3 is 17.9 Å². The number of halogens is 1. The lowest BCUT2D eigenvalue weighted by Gasteiger charge is -2.26. The second kappa shape index (κ2) is 10.9. The predicted molar refractivity (Wildman–Crippen MR) is 145 cm³/mol. The molecule has 1 unspecified atom stereocenters. The fourth-order valence-corrected chi connectivity index (χ4v) is 4.61. The van der Waals surface area contributed by atoms with Crippen molar-refractivity contribution in [3.63, 3.8) is 0 Å². The number of carbonyl (C=O) groups excluding carboxylic acids is 2. The molecule has 0 bridgehead atoms. The van der Waals surface area contributed by atoms with Gasteiger partial charge < -0.3 is 20.5 Å². The van der Waals surface area contributed by atoms with E-state index in [9.17, 15) is 24.1 Å². The Balaban J connectivity index is 1.81. The molecule has 0 radical (unpaired) electrons. The molecule has 0 aliphatic heterocycles. The molecule has 0 saturated heterocycles. The van der Waals surface area contributed by atoms with E-state index in [2.05, 4.69) is 10.3 Å². The van der Waals surface area contributed by atoms with Crippen LogP contribution in [0.4, 0.5) is 19.7 Å². The third kappa shape index (κ3) is 6.03. The number of amides is 2. The normalized spacial score (nSPS) is 15.6. The molecule has 1 aliphatic carbocycles. The van der Waals surface area contributed by atoms with Crippen LogP contribution in [0, 0.1) is 15.9 Å². The van der Waals surface area contributed by atoms with E-state index >= 15 is 0 Å². The van der Waals surface area contributed by atoms with Gasteiger partial charge in [0.15, 0.2) is 0 Å². The summed E-state index contributed by atoms with van der Waals surface area (Å²) in [6.45, 7) is 9.20. The fourth-order valence-electron chi connectivity index (χ4n) is 4.61. The third-order valence-electron chi connectivity index (χ3n) is 6.27. The van der Waals surface area contributed by atoms with Gasteiger partial charge in [0.2, 0.25) is 11.7 Å². The maximum absolute atomic E-state index is 14.6. The average Bonchev–Trinajstić information content (AvgIpc) is 3.25. The number of pyridine rings is 1. The fraction of sp³-hybridized carbons (Fsp3) is 0.407. The molecule has 1 aliphatic rings. The van der Waals surface area contributed by atoms with E-state index in [1.807, 2.05) is 19.9 Å². The Morgan fingerprint density at radius 1 is 1.30 bits per heavy atom. The maximum atomic E-state index is 14.6. The number of ether oxygens (including phenoxy) is 2. The lowest BCUT2D eigenvalue weighted by atomic mass is 9.90. The first kappa shape index (κ1) is 28.5. The van der Waals surface area contributed by atoms with Gasteiger partial charge in [-0.2, -0.15) is 9.49 Å². The van der Waals surface area contributed by atoms with Gasteiger partial charge in [-0.05, 0) is 71.6 Å². The minimum Gasteiger partial charge on any atom is -0.444 e. The topological polar surface area (TPSA) is 164 Å². The first-order valence-electron chi connectivity index (χ1n) is 12.8. The van der Waals surface area contributed by atoms with E-state index in [0.29, 0.717) is 30.2 Å². The number of hydrogen-bond donors (Lipinski definition) is 2. The Labute approximate surface area is 229 Å². The van der Waals surface area contributed by atoms with Crippen molar-refractivity contribution in [1.82, 2.24) is 20.1 Å². The largest absolute Gasteiger partial charge is 0.444 e. The number of nitrogens with one attached hydrogen (secondary N) is 1. The number of nitrogens with two attached hydrogens (primary N) is 1. The first-order valence-corrected chi connectivity index (χ1v) is 12.8. The number of aromatic nitrogens is 3. The van der Waals surface area contributed by atoms with Gasteiger partial charge in [0.25, 0.3) is 0 Å². The number of nitrogens with zero attached hydrogens (tertiary/aromatic N) is 4. The number of nitro benzene ring substituents is 1. The van der Waals surface area contributed by atoms with E-state index in [1.54, 1.807) is 31.6 Å². The lowest BCUT2D eigenvalue weighted by molar-refractivity contribution is -0.387. The molecular weight excluding hydrogens is 523 g/mol. The molecule has 4 rings (SSSR count). The monoisotopic (exact) mass is 554 g/mol. The van der Waals surface area contributed by atoms with Crippen molar-refractivity contribution in [2.24, 2.45) is 5.73 Å². The molecule has 2 amide bonds. The van der Waals surface area contributed by atoms with Crippen molar-refractivity contribution >= 4 is 34.3 Å². The second-order valence-electron chi connectivity index (χ2n) is 10.8. The lowest BCUT2D eigenvalue weighted by Crippen LogP contribution is -2.39. The Morgan fingerprint density at radius 3 is 2.58 bits per heavy atom. The molecule has 1 aromatic carbocycles. The van der Waals surface area contributed by atoms with Crippen LogP contribution in [0.2, 0.25) is 0 Å². The highest BCUT2D eigenvalue weighted by atomic mass is 19.1. The molecule has 0 fully saturated rings. The molecule has 12 nitrogen and oxygen atoms in total. The van der Waals surface area contributed by atoms with E-state index in [4.69, 9.17) is 20.3 Å². The standard InChI is InChI=1S/C27H31FN6O6/c1-14(2)33-23-18(15-6-9-17(10-7-15)31-26(36)40-27(3,4)5)13-30-24(39-25(29)35)21(23)22(32-33)16-8-11-20(34(37)38)19(28)12-16/h6,8,11-14,17H,7,9-10H2,1-5H3,(H2,29,35)(H,31,36). The third-order valence-corrected chi connectivity index (χ3v) is 6.27. The van der Waals surface area contributed by atoms with E-state index < -0.39 is 34.2 Å². The summed E-state index contributed by atoms with van der Waals surface area (Å²) in [5.74, 6) is -1.15. The summed E-state index contributed by atoms with van der Waals surface area (Å²) < 4.78 is 26.9. The highest BCUT2D eigenvalue weighted by molar-refractivity contribution is 6.03. The van der Waals surface area contributed by atoms with Crippen molar-refractivity contribution in [2.75, 3.05) is 0 Å². The molecular formula is C27H31FN6O6. The van der Waals surface area contributed by atoms with Gasteiger partial charge in [0.05, 0.1) is 15.8 Å². The van der Waals surface area contributed by atoms with Crippen LogP contribution in [0.3, 0.4) is 0 Å². The number of fused-ring (bicyclic) bond motifs is 1. The van der Waals surface area contributed by atoms with E-state index in [-0.39, 0.29) is 29.2 Å². The van der Waals surface area contributed by atoms with Crippen LogP contribution in [0.25, 0.3) is 27.7 Å². The SMILES string of the molecule is CC(C)n1nc(-c2ccc([N+](=O)[O-])c(F)c2)c2c(OC(N)=O)ncc(C3=CCC(NC(=O)OC(C)(C)C)CC3)c21. The molecule has 1 atom stereocenters. The van der Waals surface area contributed by atoms with Gasteiger partial charge in [-0.3, -0.25) is 14.8 Å². The van der Waals surface area contributed by atoms with Crippen molar-refractivity contribution < 1.29 is 28.4 Å². The molecule has 2 aromatic heterocycles. The zero-order valence-electron chi connectivity index (χ0n) is 22.9. The Hall–Kier alpha value is -4.55. The smallest absolute Gasteiger partial charge is 0.411 e. The summed E-state index contributed by atoms with van der Waals surface area (Å²) in [6.07, 6.45) is 3.78. The molecule has 0 saturated carbocycles. The molecule has 0 spiro atoms. The molecule has 13 heteroatoms. The number of rotatable bonds is 6. The van der Waals surface area contributed by atoms with Crippen LogP contribution in [0.15, 0.2) is 30.5 Å². The van der Waals surface area contributed by atoms with Gasteiger partial charge in [-0.1, -0.05) is 6.08 Å². The van der Waals surface area contributed by atoms with Crippen molar-refractivity contribution in [2.45, 2.75) is 71.6 Å². The Bertz CT molecular complexity index is 1520. The molecule has 40 heavy (non-hydrogen) atoms. The van der Waals surface area contributed by atoms with Crippen LogP contribution < -0.4 is 15.8 Å². The van der Waals surface area contributed by atoms with Crippen LogP contribution in [-0.2, 0) is 4.74 Å². The number of benzene rings is 1. The van der Waals surface area contributed by atoms with Crippen LogP contribution >= 0.6 is 0 Å². The second-order valence-corrected chi connectivity index (χ2v) is 10.8. The Morgan fingerprint density at radius 2 is 2.02 bits per heavy atom.